The van der Waals surface area contributed by atoms with Gasteiger partial charge in [-0.1, -0.05) is 18.2 Å². The molecule has 1 atom stereocenters. The van der Waals surface area contributed by atoms with Crippen LogP contribution in [0, 0.1) is 5.92 Å². The number of amides is 1. The van der Waals surface area contributed by atoms with Crippen LogP contribution < -0.4 is 5.32 Å². The highest BCUT2D eigenvalue weighted by molar-refractivity contribution is 7.19. The van der Waals surface area contributed by atoms with E-state index in [0.717, 1.165) is 15.0 Å². The molecule has 2 rings (SSSR count). The molecule has 0 aliphatic carbocycles. The van der Waals surface area contributed by atoms with Gasteiger partial charge in [-0.15, -0.1) is 11.3 Å². The fourth-order valence-corrected chi connectivity index (χ4v) is 3.29. The fourth-order valence-electron chi connectivity index (χ4n) is 2.15. The van der Waals surface area contributed by atoms with Crippen molar-refractivity contribution in [3.05, 3.63) is 35.2 Å². The molecule has 0 aliphatic heterocycles. The van der Waals surface area contributed by atoms with Crippen LogP contribution in [0.4, 0.5) is 4.79 Å². The molecule has 0 radical (unpaired) electrons. The highest BCUT2D eigenvalue weighted by Gasteiger charge is 2.22. The number of rotatable bonds is 5. The van der Waals surface area contributed by atoms with Gasteiger partial charge in [-0.3, -0.25) is 4.79 Å². The zero-order chi connectivity index (χ0) is 17.0. The van der Waals surface area contributed by atoms with Gasteiger partial charge < -0.3 is 15.2 Å². The molecule has 5 nitrogen and oxygen atoms in total. The number of hydrogen-bond acceptors (Lipinski definition) is 4. The van der Waals surface area contributed by atoms with Crippen LogP contribution in [-0.4, -0.2) is 29.3 Å². The first-order valence-electron chi connectivity index (χ1n) is 7.42. The van der Waals surface area contributed by atoms with Crippen molar-refractivity contribution in [1.29, 1.82) is 0 Å². The highest BCUT2D eigenvalue weighted by Crippen LogP contribution is 2.27. The number of thiophene rings is 1. The van der Waals surface area contributed by atoms with Crippen molar-refractivity contribution in [1.82, 2.24) is 5.32 Å². The van der Waals surface area contributed by atoms with Gasteiger partial charge in [-0.25, -0.2) is 4.79 Å². The Balaban J connectivity index is 1.98. The molecule has 0 fully saturated rings. The largest absolute Gasteiger partial charge is 0.481 e. The van der Waals surface area contributed by atoms with E-state index in [1.54, 1.807) is 32.1 Å². The van der Waals surface area contributed by atoms with Crippen molar-refractivity contribution in [2.24, 2.45) is 5.92 Å². The summed E-state index contributed by atoms with van der Waals surface area (Å²) in [5, 5.41) is 13.0. The molecule has 0 saturated heterocycles. The molecule has 124 valence electrons. The SMILES string of the molecule is CC(C)(C)OC(=O)NCC(Cc1cc2ccccc2s1)C(=O)O. The standard InChI is InChI=1S/C17H21NO4S/c1-17(2,3)22-16(21)18-10-12(15(19)20)9-13-8-11-6-4-5-7-14(11)23-13/h4-8,12H,9-10H2,1-3H3,(H,18,21)(H,19,20). The molecular formula is C17H21NO4S. The Hall–Kier alpha value is -2.08. The van der Waals surface area contributed by atoms with Crippen LogP contribution in [0.1, 0.15) is 25.6 Å². The lowest BCUT2D eigenvalue weighted by Crippen LogP contribution is -2.37. The molecule has 23 heavy (non-hydrogen) atoms. The van der Waals surface area contributed by atoms with Gasteiger partial charge in [0.25, 0.3) is 0 Å². The zero-order valence-corrected chi connectivity index (χ0v) is 14.3. The van der Waals surface area contributed by atoms with Gasteiger partial charge in [0, 0.05) is 16.1 Å². The van der Waals surface area contributed by atoms with E-state index in [4.69, 9.17) is 4.74 Å². The van der Waals surface area contributed by atoms with E-state index >= 15 is 0 Å². The minimum atomic E-state index is -0.932. The summed E-state index contributed by atoms with van der Waals surface area (Å²) in [4.78, 5) is 24.1. The number of nitrogens with one attached hydrogen (secondary N) is 1. The zero-order valence-electron chi connectivity index (χ0n) is 13.5. The van der Waals surface area contributed by atoms with E-state index in [0.29, 0.717) is 6.42 Å². The Labute approximate surface area is 139 Å². The third-order valence-electron chi connectivity index (χ3n) is 3.17. The smallest absolute Gasteiger partial charge is 0.407 e. The number of carboxylic acid groups (broad SMARTS) is 1. The van der Waals surface area contributed by atoms with Gasteiger partial charge >= 0.3 is 12.1 Å². The average Bonchev–Trinajstić information content (AvgIpc) is 2.83. The summed E-state index contributed by atoms with van der Waals surface area (Å²) in [5.74, 6) is -1.62. The summed E-state index contributed by atoms with van der Waals surface area (Å²) in [6, 6.07) is 9.94. The lowest BCUT2D eigenvalue weighted by molar-refractivity contribution is -0.141. The summed E-state index contributed by atoms with van der Waals surface area (Å²) in [5.41, 5.74) is -0.603. The molecule has 1 unspecified atom stereocenters. The number of ether oxygens (including phenoxy) is 1. The van der Waals surface area contributed by atoms with E-state index in [2.05, 4.69) is 5.32 Å². The summed E-state index contributed by atoms with van der Waals surface area (Å²) in [7, 11) is 0. The monoisotopic (exact) mass is 335 g/mol. The Morgan fingerprint density at radius 2 is 2.00 bits per heavy atom. The lowest BCUT2D eigenvalue weighted by atomic mass is 10.0. The second kappa shape index (κ2) is 7.00. The molecule has 6 heteroatoms. The Bertz CT molecular complexity index is 669. The first-order chi connectivity index (χ1) is 10.7. The number of carboxylic acids is 1. The van der Waals surface area contributed by atoms with E-state index < -0.39 is 23.6 Å². The fraction of sp³-hybridized carbons (Fsp3) is 0.412. The Morgan fingerprint density at radius 1 is 1.30 bits per heavy atom. The maximum absolute atomic E-state index is 11.7. The van der Waals surface area contributed by atoms with Gasteiger partial charge in [0.1, 0.15) is 5.60 Å². The predicted octanol–water partition coefficient (Wildman–Crippen LogP) is 3.67. The topological polar surface area (TPSA) is 75.6 Å². The normalized spacial score (nSPS) is 12.8. The van der Waals surface area contributed by atoms with Crippen LogP contribution >= 0.6 is 11.3 Å². The van der Waals surface area contributed by atoms with Crippen LogP contribution in [0.5, 0.6) is 0 Å². The number of alkyl carbamates (subject to hydrolysis) is 1. The third-order valence-corrected chi connectivity index (χ3v) is 4.30. The van der Waals surface area contributed by atoms with Crippen LogP contribution in [-0.2, 0) is 16.0 Å². The first kappa shape index (κ1) is 17.3. The third kappa shape index (κ3) is 5.25. The Kier molecular flexibility index (Phi) is 5.26. The van der Waals surface area contributed by atoms with Crippen molar-refractivity contribution in [3.8, 4) is 0 Å². The molecule has 0 bridgehead atoms. The van der Waals surface area contributed by atoms with E-state index in [1.807, 2.05) is 30.3 Å². The van der Waals surface area contributed by atoms with Gasteiger partial charge in [0.15, 0.2) is 0 Å². The number of fused-ring (bicyclic) bond motifs is 1. The molecule has 2 N–H and O–H groups in total. The molecule has 1 heterocycles. The number of carbonyl (C=O) groups is 2. The second-order valence-corrected chi connectivity index (χ2v) is 7.54. The number of benzene rings is 1. The van der Waals surface area contributed by atoms with Crippen molar-refractivity contribution < 1.29 is 19.4 Å². The van der Waals surface area contributed by atoms with Gasteiger partial charge in [0.05, 0.1) is 5.92 Å². The summed E-state index contributed by atoms with van der Waals surface area (Å²) in [6.07, 6.45) is -0.218. The molecule has 1 amide bonds. The minimum Gasteiger partial charge on any atom is -0.481 e. The minimum absolute atomic E-state index is 0.0402. The highest BCUT2D eigenvalue weighted by atomic mass is 32.1. The van der Waals surface area contributed by atoms with Crippen LogP contribution in [0.2, 0.25) is 0 Å². The lowest BCUT2D eigenvalue weighted by Gasteiger charge is -2.20. The van der Waals surface area contributed by atoms with E-state index in [9.17, 15) is 14.7 Å². The van der Waals surface area contributed by atoms with Crippen molar-refractivity contribution in [2.45, 2.75) is 32.8 Å². The molecule has 0 saturated carbocycles. The maximum atomic E-state index is 11.7. The van der Waals surface area contributed by atoms with Crippen molar-refractivity contribution in [3.63, 3.8) is 0 Å². The molecule has 2 aromatic rings. The van der Waals surface area contributed by atoms with Crippen molar-refractivity contribution in [2.75, 3.05) is 6.54 Å². The molecule has 1 aromatic carbocycles. The average molecular weight is 335 g/mol. The quantitative estimate of drug-likeness (QED) is 0.874. The summed E-state index contributed by atoms with van der Waals surface area (Å²) >= 11 is 1.58. The molecule has 0 aliphatic rings. The summed E-state index contributed by atoms with van der Waals surface area (Å²) in [6.45, 7) is 5.33. The predicted molar refractivity (Wildman–Crippen MR) is 90.9 cm³/mol. The number of aliphatic carboxylic acids is 1. The molecular weight excluding hydrogens is 314 g/mol. The van der Waals surface area contributed by atoms with Gasteiger partial charge in [-0.2, -0.15) is 0 Å². The molecule has 1 aromatic heterocycles. The van der Waals surface area contributed by atoms with Crippen LogP contribution in [0.15, 0.2) is 30.3 Å². The maximum Gasteiger partial charge on any atom is 0.407 e. The Morgan fingerprint density at radius 3 is 2.61 bits per heavy atom. The second-order valence-electron chi connectivity index (χ2n) is 6.37. The van der Waals surface area contributed by atoms with Crippen LogP contribution in [0.25, 0.3) is 10.1 Å². The molecule has 0 spiro atoms. The van der Waals surface area contributed by atoms with Crippen LogP contribution in [0.3, 0.4) is 0 Å². The van der Waals surface area contributed by atoms with Gasteiger partial charge in [0.2, 0.25) is 0 Å². The van der Waals surface area contributed by atoms with Crippen molar-refractivity contribution >= 4 is 33.5 Å². The summed E-state index contributed by atoms with van der Waals surface area (Å²) < 4.78 is 6.26. The van der Waals surface area contributed by atoms with E-state index in [-0.39, 0.29) is 6.54 Å². The first-order valence-corrected chi connectivity index (χ1v) is 8.23. The van der Waals surface area contributed by atoms with Gasteiger partial charge in [-0.05, 0) is 44.7 Å². The van der Waals surface area contributed by atoms with E-state index in [1.165, 1.54) is 0 Å². The number of carbonyl (C=O) groups excluding carboxylic acids is 1. The number of hydrogen-bond donors (Lipinski definition) is 2.